The van der Waals surface area contributed by atoms with Crippen LogP contribution in [-0.4, -0.2) is 5.16 Å². The van der Waals surface area contributed by atoms with Gasteiger partial charge in [-0.15, -0.1) is 0 Å². The molecule has 0 amide bonds. The van der Waals surface area contributed by atoms with Crippen LogP contribution in [0.3, 0.4) is 0 Å². The Kier molecular flexibility index (Phi) is 6.26. The van der Waals surface area contributed by atoms with Gasteiger partial charge in [0.1, 0.15) is 23.9 Å². The Balaban J connectivity index is 1.60. The van der Waals surface area contributed by atoms with Crippen molar-refractivity contribution >= 4 is 31.9 Å². The molecule has 0 spiro atoms. The topological polar surface area (TPSA) is 44.5 Å². The highest BCUT2D eigenvalue weighted by Gasteiger charge is 2.21. The molecule has 0 saturated carbocycles. The summed E-state index contributed by atoms with van der Waals surface area (Å²) in [6, 6.07) is 8.20. The third-order valence-electron chi connectivity index (χ3n) is 5.62. The fourth-order valence-corrected chi connectivity index (χ4v) is 5.45. The predicted molar refractivity (Wildman–Crippen MR) is 125 cm³/mol. The van der Waals surface area contributed by atoms with Crippen LogP contribution in [0.4, 0.5) is 0 Å². The fourth-order valence-electron chi connectivity index (χ4n) is 3.88. The van der Waals surface area contributed by atoms with Crippen molar-refractivity contribution in [3.8, 4) is 17.2 Å². The molecule has 0 aliphatic heterocycles. The lowest BCUT2D eigenvalue weighted by atomic mass is 10.0. The summed E-state index contributed by atoms with van der Waals surface area (Å²) >= 11 is 7.45. The van der Waals surface area contributed by atoms with Crippen molar-refractivity contribution in [3.63, 3.8) is 0 Å². The first-order valence-electron chi connectivity index (χ1n) is 10.2. The Bertz CT molecular complexity index is 1070. The van der Waals surface area contributed by atoms with Gasteiger partial charge in [0.05, 0.1) is 20.2 Å². The van der Waals surface area contributed by atoms with Gasteiger partial charge in [-0.3, -0.25) is 0 Å². The zero-order chi connectivity index (χ0) is 21.4. The molecule has 4 nitrogen and oxygen atoms in total. The zero-order valence-electron chi connectivity index (χ0n) is 17.6. The monoisotopic (exact) mass is 533 g/mol. The predicted octanol–water partition coefficient (Wildman–Crippen LogP) is 7.80. The highest BCUT2D eigenvalue weighted by molar-refractivity contribution is 9.11. The Morgan fingerprint density at radius 1 is 1.13 bits per heavy atom. The molecule has 0 fully saturated rings. The molecule has 158 valence electrons. The molecule has 0 saturated heterocycles. The number of aromatic nitrogens is 1. The van der Waals surface area contributed by atoms with Gasteiger partial charge >= 0.3 is 0 Å². The molecule has 0 atom stereocenters. The van der Waals surface area contributed by atoms with E-state index in [-0.39, 0.29) is 0 Å². The Morgan fingerprint density at radius 3 is 2.63 bits per heavy atom. The standard InChI is InChI=1S/C24H25Br2NO3/c1-13(2)19-11-17(8-9-22(19)28-12-20-14(3)27-30-15(20)4)29-24-21(25)10-16-6-5-7-18(16)23(24)26/h8-11,13H,5-7,12H2,1-4H3. The minimum Gasteiger partial charge on any atom is -0.488 e. The number of hydrogen-bond acceptors (Lipinski definition) is 4. The second kappa shape index (κ2) is 8.75. The summed E-state index contributed by atoms with van der Waals surface area (Å²) in [7, 11) is 0. The number of rotatable bonds is 6. The van der Waals surface area contributed by atoms with Crippen LogP contribution in [0.25, 0.3) is 0 Å². The number of aryl methyl sites for hydroxylation is 3. The van der Waals surface area contributed by atoms with Crippen molar-refractivity contribution in [2.45, 2.75) is 59.5 Å². The van der Waals surface area contributed by atoms with Gasteiger partial charge in [-0.1, -0.05) is 19.0 Å². The molecule has 1 aromatic heterocycles. The summed E-state index contributed by atoms with van der Waals surface area (Å²) in [5.41, 5.74) is 5.72. The first-order chi connectivity index (χ1) is 14.3. The first-order valence-corrected chi connectivity index (χ1v) is 11.8. The van der Waals surface area contributed by atoms with Crippen LogP contribution < -0.4 is 9.47 Å². The van der Waals surface area contributed by atoms with Gasteiger partial charge < -0.3 is 14.0 Å². The minimum absolute atomic E-state index is 0.292. The smallest absolute Gasteiger partial charge is 0.156 e. The van der Waals surface area contributed by atoms with Gasteiger partial charge in [0, 0.05) is 5.56 Å². The quantitative estimate of drug-likeness (QED) is 0.323. The Labute approximate surface area is 194 Å². The van der Waals surface area contributed by atoms with Crippen molar-refractivity contribution < 1.29 is 14.0 Å². The summed E-state index contributed by atoms with van der Waals surface area (Å²) in [4.78, 5) is 0. The van der Waals surface area contributed by atoms with Crippen molar-refractivity contribution in [1.82, 2.24) is 5.16 Å². The highest BCUT2D eigenvalue weighted by Crippen LogP contribution is 2.44. The van der Waals surface area contributed by atoms with Crippen molar-refractivity contribution in [2.75, 3.05) is 0 Å². The lowest BCUT2D eigenvalue weighted by Crippen LogP contribution is -2.02. The normalized spacial score (nSPS) is 13.0. The lowest BCUT2D eigenvalue weighted by Gasteiger charge is -2.18. The van der Waals surface area contributed by atoms with E-state index in [0.29, 0.717) is 12.5 Å². The molecular weight excluding hydrogens is 510 g/mol. The summed E-state index contributed by atoms with van der Waals surface area (Å²) < 4.78 is 19.7. The largest absolute Gasteiger partial charge is 0.488 e. The zero-order valence-corrected chi connectivity index (χ0v) is 20.8. The van der Waals surface area contributed by atoms with E-state index in [0.717, 1.165) is 61.6 Å². The minimum atomic E-state index is 0.292. The second-order valence-corrected chi connectivity index (χ2v) is 9.69. The van der Waals surface area contributed by atoms with Crippen molar-refractivity contribution in [2.24, 2.45) is 0 Å². The molecule has 0 N–H and O–H groups in total. The van der Waals surface area contributed by atoms with E-state index in [4.69, 9.17) is 14.0 Å². The van der Waals surface area contributed by atoms with Gasteiger partial charge in [-0.25, -0.2) is 0 Å². The molecule has 30 heavy (non-hydrogen) atoms. The van der Waals surface area contributed by atoms with Gasteiger partial charge in [0.2, 0.25) is 0 Å². The number of nitrogens with zero attached hydrogens (tertiary/aromatic N) is 1. The van der Waals surface area contributed by atoms with E-state index in [2.05, 4.69) is 63.0 Å². The molecule has 1 aliphatic rings. The maximum atomic E-state index is 6.33. The maximum absolute atomic E-state index is 6.33. The van der Waals surface area contributed by atoms with Gasteiger partial charge in [-0.2, -0.15) is 0 Å². The van der Waals surface area contributed by atoms with Crippen LogP contribution in [0.2, 0.25) is 0 Å². The van der Waals surface area contributed by atoms with Gasteiger partial charge in [0.25, 0.3) is 0 Å². The van der Waals surface area contributed by atoms with E-state index >= 15 is 0 Å². The first kappa shape index (κ1) is 21.4. The third kappa shape index (κ3) is 4.17. The van der Waals surface area contributed by atoms with E-state index in [1.807, 2.05) is 26.0 Å². The summed E-state index contributed by atoms with van der Waals surface area (Å²) in [5, 5.41) is 4.00. The molecule has 4 rings (SSSR count). The van der Waals surface area contributed by atoms with E-state index < -0.39 is 0 Å². The van der Waals surface area contributed by atoms with Gasteiger partial charge in [-0.05, 0) is 106 Å². The van der Waals surface area contributed by atoms with Crippen LogP contribution in [0.15, 0.2) is 37.7 Å². The number of hydrogen-bond donors (Lipinski definition) is 0. The Morgan fingerprint density at radius 2 is 1.93 bits per heavy atom. The van der Waals surface area contributed by atoms with Crippen LogP contribution in [0, 0.1) is 13.8 Å². The fraction of sp³-hybridized carbons (Fsp3) is 0.375. The number of benzene rings is 2. The Hall–Kier alpha value is -1.79. The molecule has 1 heterocycles. The second-order valence-electron chi connectivity index (χ2n) is 8.04. The lowest BCUT2D eigenvalue weighted by molar-refractivity contribution is 0.297. The van der Waals surface area contributed by atoms with Crippen LogP contribution in [0.5, 0.6) is 17.2 Å². The molecule has 3 aromatic rings. The molecule has 0 unspecified atom stereocenters. The van der Waals surface area contributed by atoms with Crippen LogP contribution >= 0.6 is 31.9 Å². The average Bonchev–Trinajstić information content (AvgIpc) is 3.30. The van der Waals surface area contributed by atoms with Crippen LogP contribution in [0.1, 0.15) is 59.9 Å². The number of ether oxygens (including phenoxy) is 2. The van der Waals surface area contributed by atoms with Gasteiger partial charge in [0.15, 0.2) is 5.75 Å². The molecule has 0 bridgehead atoms. The van der Waals surface area contributed by atoms with Crippen molar-refractivity contribution in [1.29, 1.82) is 0 Å². The molecular formula is C24H25Br2NO3. The highest BCUT2D eigenvalue weighted by atomic mass is 79.9. The van der Waals surface area contributed by atoms with E-state index in [1.165, 1.54) is 17.5 Å². The SMILES string of the molecule is Cc1noc(C)c1COc1ccc(Oc2c(Br)cc3c(c2Br)CCC3)cc1C(C)C. The van der Waals surface area contributed by atoms with Crippen LogP contribution in [-0.2, 0) is 19.4 Å². The maximum Gasteiger partial charge on any atom is 0.156 e. The number of fused-ring (bicyclic) bond motifs is 1. The summed E-state index contributed by atoms with van der Waals surface area (Å²) in [5.74, 6) is 3.56. The molecule has 6 heteroatoms. The summed E-state index contributed by atoms with van der Waals surface area (Å²) in [6.45, 7) is 8.59. The van der Waals surface area contributed by atoms with E-state index in [1.54, 1.807) is 0 Å². The van der Waals surface area contributed by atoms with E-state index in [9.17, 15) is 0 Å². The molecule has 0 radical (unpaired) electrons. The van der Waals surface area contributed by atoms with Crippen molar-refractivity contribution in [3.05, 3.63) is 66.9 Å². The number of halogens is 2. The summed E-state index contributed by atoms with van der Waals surface area (Å²) in [6.07, 6.45) is 3.41. The molecule has 1 aliphatic carbocycles. The third-order valence-corrected chi connectivity index (χ3v) is 7.05. The average molecular weight is 535 g/mol. The molecule has 2 aromatic carbocycles.